The molecule has 1 aliphatic heterocycles. The van der Waals surface area contributed by atoms with Gasteiger partial charge in [0.1, 0.15) is 5.82 Å². The number of nitrogens with zero attached hydrogens (tertiary/aromatic N) is 3. The van der Waals surface area contributed by atoms with Crippen molar-refractivity contribution in [3.63, 3.8) is 0 Å². The molecule has 0 radical (unpaired) electrons. The van der Waals surface area contributed by atoms with E-state index in [-0.39, 0.29) is 12.7 Å². The molecule has 16 heavy (non-hydrogen) atoms. The van der Waals surface area contributed by atoms with E-state index in [0.717, 1.165) is 31.9 Å². The van der Waals surface area contributed by atoms with E-state index in [2.05, 4.69) is 21.8 Å². The molecule has 1 N–H and O–H groups in total. The average molecular weight is 223 g/mol. The van der Waals surface area contributed by atoms with E-state index >= 15 is 0 Å². The highest BCUT2D eigenvalue weighted by Crippen LogP contribution is 2.15. The van der Waals surface area contributed by atoms with Crippen LogP contribution in [0, 0.1) is 0 Å². The number of aromatic nitrogens is 2. The van der Waals surface area contributed by atoms with Gasteiger partial charge in [-0.15, -0.1) is 0 Å². The Hall–Kier alpha value is -1.20. The van der Waals surface area contributed by atoms with E-state index in [4.69, 9.17) is 9.84 Å². The molecule has 5 nitrogen and oxygen atoms in total. The van der Waals surface area contributed by atoms with Crippen molar-refractivity contribution < 1.29 is 9.84 Å². The zero-order valence-electron chi connectivity index (χ0n) is 9.46. The molecule has 2 heterocycles. The molecule has 2 rings (SSSR count). The van der Waals surface area contributed by atoms with Gasteiger partial charge < -0.3 is 14.7 Å². The molecule has 1 atom stereocenters. The van der Waals surface area contributed by atoms with Crippen LogP contribution in [0.2, 0.25) is 0 Å². The Bertz CT molecular complexity index is 329. The molecule has 1 aromatic heterocycles. The lowest BCUT2D eigenvalue weighted by atomic mass is 10.2. The van der Waals surface area contributed by atoms with Crippen LogP contribution in [0.5, 0.6) is 0 Å². The second-order valence-electron chi connectivity index (χ2n) is 3.87. The first-order valence-corrected chi connectivity index (χ1v) is 5.61. The summed E-state index contributed by atoms with van der Waals surface area (Å²) in [6.45, 7) is 4.51. The molecule has 5 heteroatoms. The van der Waals surface area contributed by atoms with Gasteiger partial charge in [-0.3, -0.25) is 4.98 Å². The zero-order valence-corrected chi connectivity index (χ0v) is 9.46. The fourth-order valence-electron chi connectivity index (χ4n) is 1.77. The molecule has 1 aromatic rings. The van der Waals surface area contributed by atoms with Crippen LogP contribution >= 0.6 is 0 Å². The van der Waals surface area contributed by atoms with Crippen molar-refractivity contribution in [1.82, 2.24) is 9.97 Å². The van der Waals surface area contributed by atoms with Crippen LogP contribution in [-0.2, 0) is 11.3 Å². The molecule has 0 spiro atoms. The molecule has 0 saturated carbocycles. The van der Waals surface area contributed by atoms with Crippen molar-refractivity contribution in [2.24, 2.45) is 0 Å². The summed E-state index contributed by atoms with van der Waals surface area (Å²) in [7, 11) is 0. The standard InChI is InChI=1S/C11H17N3O2/c1-2-10-7-14(3-4-16-10)11-6-12-9(8-15)5-13-11/h5-6,10,15H,2-4,7-8H2,1H3. The summed E-state index contributed by atoms with van der Waals surface area (Å²) >= 11 is 0. The Labute approximate surface area is 95.1 Å². The van der Waals surface area contributed by atoms with Gasteiger partial charge in [0.15, 0.2) is 0 Å². The number of rotatable bonds is 3. The fraction of sp³-hybridized carbons (Fsp3) is 0.636. The van der Waals surface area contributed by atoms with Gasteiger partial charge >= 0.3 is 0 Å². The molecule has 0 aliphatic carbocycles. The van der Waals surface area contributed by atoms with Crippen molar-refractivity contribution >= 4 is 5.82 Å². The van der Waals surface area contributed by atoms with Crippen molar-refractivity contribution in [2.45, 2.75) is 26.1 Å². The Morgan fingerprint density at radius 3 is 3.00 bits per heavy atom. The third-order valence-electron chi connectivity index (χ3n) is 2.77. The number of hydrogen-bond donors (Lipinski definition) is 1. The fourth-order valence-corrected chi connectivity index (χ4v) is 1.77. The summed E-state index contributed by atoms with van der Waals surface area (Å²) in [6, 6.07) is 0. The Morgan fingerprint density at radius 2 is 2.38 bits per heavy atom. The average Bonchev–Trinajstić information content (AvgIpc) is 2.39. The normalized spacial score (nSPS) is 21.1. The maximum absolute atomic E-state index is 8.88. The van der Waals surface area contributed by atoms with Gasteiger partial charge in [-0.2, -0.15) is 0 Å². The minimum atomic E-state index is -0.0615. The van der Waals surface area contributed by atoms with Crippen LogP contribution in [0.3, 0.4) is 0 Å². The second-order valence-corrected chi connectivity index (χ2v) is 3.87. The minimum absolute atomic E-state index is 0.0615. The second kappa shape index (κ2) is 5.23. The van der Waals surface area contributed by atoms with E-state index in [1.807, 2.05) is 0 Å². The Morgan fingerprint density at radius 1 is 1.50 bits per heavy atom. The summed E-state index contributed by atoms with van der Waals surface area (Å²) in [6.07, 6.45) is 4.63. The van der Waals surface area contributed by atoms with Gasteiger partial charge in [-0.05, 0) is 6.42 Å². The van der Waals surface area contributed by atoms with Crippen molar-refractivity contribution in [3.8, 4) is 0 Å². The smallest absolute Gasteiger partial charge is 0.147 e. The lowest BCUT2D eigenvalue weighted by Gasteiger charge is -2.33. The summed E-state index contributed by atoms with van der Waals surface area (Å²) in [5.41, 5.74) is 0.601. The number of aliphatic hydroxyl groups is 1. The summed E-state index contributed by atoms with van der Waals surface area (Å²) in [5, 5.41) is 8.88. The first-order chi connectivity index (χ1) is 7.83. The predicted molar refractivity (Wildman–Crippen MR) is 60.2 cm³/mol. The van der Waals surface area contributed by atoms with Crippen molar-refractivity contribution in [2.75, 3.05) is 24.6 Å². The number of ether oxygens (including phenoxy) is 1. The van der Waals surface area contributed by atoms with E-state index in [1.165, 1.54) is 0 Å². The molecule has 0 bridgehead atoms. The summed E-state index contributed by atoms with van der Waals surface area (Å²) < 4.78 is 5.59. The number of hydrogen-bond acceptors (Lipinski definition) is 5. The first-order valence-electron chi connectivity index (χ1n) is 5.61. The SMILES string of the molecule is CCC1CN(c2cnc(CO)cn2)CCO1. The minimum Gasteiger partial charge on any atom is -0.390 e. The van der Waals surface area contributed by atoms with Crippen LogP contribution < -0.4 is 4.90 Å². The topological polar surface area (TPSA) is 58.5 Å². The summed E-state index contributed by atoms with van der Waals surface area (Å²) in [4.78, 5) is 10.6. The monoisotopic (exact) mass is 223 g/mol. The highest BCUT2D eigenvalue weighted by atomic mass is 16.5. The molecule has 1 aliphatic rings. The lowest BCUT2D eigenvalue weighted by Crippen LogP contribution is -2.42. The van der Waals surface area contributed by atoms with Gasteiger partial charge in [-0.25, -0.2) is 4.98 Å². The van der Waals surface area contributed by atoms with Gasteiger partial charge in [0.05, 0.1) is 37.4 Å². The molecule has 88 valence electrons. The molecule has 0 amide bonds. The predicted octanol–water partition coefficient (Wildman–Crippen LogP) is 0.584. The van der Waals surface area contributed by atoms with Crippen LogP contribution in [-0.4, -0.2) is 40.9 Å². The maximum Gasteiger partial charge on any atom is 0.147 e. The Kier molecular flexibility index (Phi) is 3.69. The molecular formula is C11H17N3O2. The van der Waals surface area contributed by atoms with Gasteiger partial charge in [0.25, 0.3) is 0 Å². The number of anilines is 1. The van der Waals surface area contributed by atoms with Gasteiger partial charge in [-0.1, -0.05) is 6.92 Å². The van der Waals surface area contributed by atoms with Crippen LogP contribution in [0.15, 0.2) is 12.4 Å². The zero-order chi connectivity index (χ0) is 11.4. The highest BCUT2D eigenvalue weighted by Gasteiger charge is 2.19. The van der Waals surface area contributed by atoms with E-state index in [9.17, 15) is 0 Å². The molecule has 1 unspecified atom stereocenters. The maximum atomic E-state index is 8.88. The number of aliphatic hydroxyl groups excluding tert-OH is 1. The molecule has 1 fully saturated rings. The Balaban J connectivity index is 2.05. The van der Waals surface area contributed by atoms with Crippen molar-refractivity contribution in [3.05, 3.63) is 18.1 Å². The van der Waals surface area contributed by atoms with E-state index in [0.29, 0.717) is 5.69 Å². The summed E-state index contributed by atoms with van der Waals surface area (Å²) in [5.74, 6) is 0.860. The first kappa shape index (κ1) is 11.3. The highest BCUT2D eigenvalue weighted by molar-refractivity contribution is 5.36. The lowest BCUT2D eigenvalue weighted by molar-refractivity contribution is 0.0381. The molecule has 0 aromatic carbocycles. The molecular weight excluding hydrogens is 206 g/mol. The van der Waals surface area contributed by atoms with Crippen LogP contribution in [0.4, 0.5) is 5.82 Å². The third kappa shape index (κ3) is 2.48. The van der Waals surface area contributed by atoms with Gasteiger partial charge in [0, 0.05) is 13.1 Å². The molecule has 1 saturated heterocycles. The number of morpholine rings is 1. The van der Waals surface area contributed by atoms with Crippen molar-refractivity contribution in [1.29, 1.82) is 0 Å². The van der Waals surface area contributed by atoms with E-state index in [1.54, 1.807) is 12.4 Å². The van der Waals surface area contributed by atoms with E-state index < -0.39 is 0 Å². The van der Waals surface area contributed by atoms with Crippen LogP contribution in [0.1, 0.15) is 19.0 Å². The largest absolute Gasteiger partial charge is 0.390 e. The van der Waals surface area contributed by atoms with Gasteiger partial charge in [0.2, 0.25) is 0 Å². The van der Waals surface area contributed by atoms with Crippen LogP contribution in [0.25, 0.3) is 0 Å². The quantitative estimate of drug-likeness (QED) is 0.812. The third-order valence-corrected chi connectivity index (χ3v) is 2.77.